The first-order chi connectivity index (χ1) is 8.69. The molecule has 0 heterocycles. The Balaban J connectivity index is 2.13. The van der Waals surface area contributed by atoms with Gasteiger partial charge in [0, 0.05) is 5.02 Å². The van der Waals surface area contributed by atoms with Gasteiger partial charge in [-0.15, -0.1) is 0 Å². The van der Waals surface area contributed by atoms with Crippen LogP contribution in [0.3, 0.4) is 0 Å². The van der Waals surface area contributed by atoms with Crippen LogP contribution in [0.15, 0.2) is 42.5 Å². The van der Waals surface area contributed by atoms with Gasteiger partial charge >= 0.3 is 0 Å². The van der Waals surface area contributed by atoms with Gasteiger partial charge in [-0.2, -0.15) is 0 Å². The van der Waals surface area contributed by atoms with E-state index in [9.17, 15) is 0 Å². The zero-order chi connectivity index (χ0) is 13.0. The number of ether oxygens (including phenoxy) is 1. The highest BCUT2D eigenvalue weighted by atomic mass is 35.5. The molecule has 18 heavy (non-hydrogen) atoms. The molecule has 0 atom stereocenters. The van der Waals surface area contributed by atoms with Crippen molar-refractivity contribution in [3.05, 3.63) is 58.1 Å². The number of rotatable bonds is 4. The maximum atomic E-state index is 6.03. The van der Waals surface area contributed by atoms with E-state index in [1.807, 2.05) is 24.3 Å². The van der Waals surface area contributed by atoms with Gasteiger partial charge in [-0.3, -0.25) is 0 Å². The van der Waals surface area contributed by atoms with Crippen molar-refractivity contribution < 1.29 is 4.74 Å². The molecule has 0 aliphatic rings. The summed E-state index contributed by atoms with van der Waals surface area (Å²) in [6.07, 6.45) is 0.863. The highest BCUT2D eigenvalue weighted by Crippen LogP contribution is 2.31. The van der Waals surface area contributed by atoms with Gasteiger partial charge < -0.3 is 10.5 Å². The van der Waals surface area contributed by atoms with Crippen LogP contribution in [0, 0.1) is 0 Å². The number of halogens is 2. The molecule has 0 aromatic heterocycles. The third-order valence-corrected chi connectivity index (χ3v) is 3.01. The first-order valence-corrected chi connectivity index (χ1v) is 6.36. The number of nitrogens with two attached hydrogens (primary N) is 1. The van der Waals surface area contributed by atoms with Crippen LogP contribution >= 0.6 is 23.2 Å². The van der Waals surface area contributed by atoms with Crippen molar-refractivity contribution >= 4 is 23.2 Å². The average Bonchev–Trinajstić information content (AvgIpc) is 2.35. The molecule has 0 bridgehead atoms. The minimum atomic E-state index is 0.494. The van der Waals surface area contributed by atoms with Crippen molar-refractivity contribution in [2.24, 2.45) is 5.73 Å². The third-order valence-electron chi connectivity index (χ3n) is 2.48. The number of hydrogen-bond donors (Lipinski definition) is 1. The highest BCUT2D eigenvalue weighted by molar-refractivity contribution is 6.35. The van der Waals surface area contributed by atoms with Gasteiger partial charge in [0.25, 0.3) is 0 Å². The molecule has 0 fully saturated rings. The monoisotopic (exact) mass is 281 g/mol. The molecule has 0 aliphatic carbocycles. The molecule has 94 valence electrons. The SMILES string of the molecule is NCCc1ccc(Oc2ccc(Cl)cc2Cl)cc1. The van der Waals surface area contributed by atoms with Gasteiger partial charge in [-0.25, -0.2) is 0 Å². The molecule has 0 spiro atoms. The van der Waals surface area contributed by atoms with Gasteiger partial charge in [0.1, 0.15) is 11.5 Å². The van der Waals surface area contributed by atoms with Crippen LogP contribution in [0.4, 0.5) is 0 Å². The molecular weight excluding hydrogens is 269 g/mol. The zero-order valence-corrected chi connectivity index (χ0v) is 11.2. The second-order valence-electron chi connectivity index (χ2n) is 3.86. The summed E-state index contributed by atoms with van der Waals surface area (Å²) in [4.78, 5) is 0. The Morgan fingerprint density at radius 2 is 1.72 bits per heavy atom. The minimum Gasteiger partial charge on any atom is -0.456 e. The Labute approximate surface area is 116 Å². The highest BCUT2D eigenvalue weighted by Gasteiger charge is 2.03. The predicted octanol–water partition coefficient (Wildman–Crippen LogP) is 4.29. The Hall–Kier alpha value is -1.22. The maximum absolute atomic E-state index is 6.03. The smallest absolute Gasteiger partial charge is 0.146 e. The van der Waals surface area contributed by atoms with Crippen molar-refractivity contribution in [2.75, 3.05) is 6.54 Å². The molecular formula is C14H13Cl2NO. The normalized spacial score (nSPS) is 10.4. The fourth-order valence-electron chi connectivity index (χ4n) is 1.58. The van der Waals surface area contributed by atoms with Crippen LogP contribution in [-0.2, 0) is 6.42 Å². The first kappa shape index (κ1) is 13.2. The summed E-state index contributed by atoms with van der Waals surface area (Å²) >= 11 is 11.9. The Morgan fingerprint density at radius 1 is 1.00 bits per heavy atom. The molecule has 2 aromatic rings. The van der Waals surface area contributed by atoms with Crippen molar-refractivity contribution in [3.63, 3.8) is 0 Å². The van der Waals surface area contributed by atoms with Crippen LogP contribution in [-0.4, -0.2) is 6.54 Å². The fourth-order valence-corrected chi connectivity index (χ4v) is 2.02. The van der Waals surface area contributed by atoms with E-state index in [4.69, 9.17) is 33.7 Å². The van der Waals surface area contributed by atoms with Crippen molar-refractivity contribution in [2.45, 2.75) is 6.42 Å². The molecule has 2 nitrogen and oxygen atoms in total. The summed E-state index contributed by atoms with van der Waals surface area (Å²) in [6.45, 7) is 0.642. The molecule has 0 saturated heterocycles. The van der Waals surface area contributed by atoms with Gasteiger partial charge in [0.15, 0.2) is 0 Å². The quantitative estimate of drug-likeness (QED) is 0.908. The van der Waals surface area contributed by atoms with E-state index in [2.05, 4.69) is 0 Å². The van der Waals surface area contributed by atoms with E-state index in [1.54, 1.807) is 18.2 Å². The van der Waals surface area contributed by atoms with E-state index >= 15 is 0 Å². The molecule has 2 aromatic carbocycles. The molecule has 0 radical (unpaired) electrons. The van der Waals surface area contributed by atoms with Gasteiger partial charge in [-0.05, 0) is 48.9 Å². The summed E-state index contributed by atoms with van der Waals surface area (Å²) in [6, 6.07) is 12.9. The minimum absolute atomic E-state index is 0.494. The van der Waals surface area contributed by atoms with Crippen LogP contribution in [0.1, 0.15) is 5.56 Å². The van der Waals surface area contributed by atoms with E-state index in [0.717, 1.165) is 12.2 Å². The lowest BCUT2D eigenvalue weighted by molar-refractivity contribution is 0.482. The van der Waals surface area contributed by atoms with Crippen LogP contribution in [0.5, 0.6) is 11.5 Å². The third kappa shape index (κ3) is 3.39. The van der Waals surface area contributed by atoms with E-state index in [1.165, 1.54) is 5.56 Å². The van der Waals surface area contributed by atoms with Crippen molar-refractivity contribution in [3.8, 4) is 11.5 Å². The standard InChI is InChI=1S/C14H13Cl2NO/c15-11-3-6-14(13(16)9-11)18-12-4-1-10(2-5-12)7-8-17/h1-6,9H,7-8,17H2. The summed E-state index contributed by atoms with van der Waals surface area (Å²) in [5.74, 6) is 1.33. The van der Waals surface area contributed by atoms with Gasteiger partial charge in [0.05, 0.1) is 5.02 Å². The Bertz CT molecular complexity index is 526. The average molecular weight is 282 g/mol. The van der Waals surface area contributed by atoms with Gasteiger partial charge in [0.2, 0.25) is 0 Å². The van der Waals surface area contributed by atoms with Crippen molar-refractivity contribution in [1.29, 1.82) is 0 Å². The largest absolute Gasteiger partial charge is 0.456 e. The van der Waals surface area contributed by atoms with E-state index in [0.29, 0.717) is 22.3 Å². The number of hydrogen-bond acceptors (Lipinski definition) is 2. The molecule has 0 saturated carbocycles. The molecule has 2 N–H and O–H groups in total. The maximum Gasteiger partial charge on any atom is 0.146 e. The predicted molar refractivity (Wildman–Crippen MR) is 75.7 cm³/mol. The first-order valence-electron chi connectivity index (χ1n) is 5.61. The van der Waals surface area contributed by atoms with Crippen LogP contribution < -0.4 is 10.5 Å². The zero-order valence-electron chi connectivity index (χ0n) is 9.70. The van der Waals surface area contributed by atoms with Crippen LogP contribution in [0.2, 0.25) is 10.0 Å². The summed E-state index contributed by atoms with van der Waals surface area (Å²) in [7, 11) is 0. The molecule has 0 amide bonds. The lowest BCUT2D eigenvalue weighted by Gasteiger charge is -2.08. The summed E-state index contributed by atoms with van der Waals surface area (Å²) in [5, 5.41) is 1.08. The second kappa shape index (κ2) is 6.10. The van der Waals surface area contributed by atoms with E-state index in [-0.39, 0.29) is 0 Å². The lowest BCUT2D eigenvalue weighted by Crippen LogP contribution is -2.02. The van der Waals surface area contributed by atoms with Crippen LogP contribution in [0.25, 0.3) is 0 Å². The molecule has 4 heteroatoms. The van der Waals surface area contributed by atoms with Crippen molar-refractivity contribution in [1.82, 2.24) is 0 Å². The molecule has 0 unspecified atom stereocenters. The topological polar surface area (TPSA) is 35.2 Å². The fraction of sp³-hybridized carbons (Fsp3) is 0.143. The number of benzene rings is 2. The van der Waals surface area contributed by atoms with E-state index < -0.39 is 0 Å². The summed E-state index contributed by atoms with van der Waals surface area (Å²) in [5.41, 5.74) is 6.68. The van der Waals surface area contributed by atoms with Gasteiger partial charge in [-0.1, -0.05) is 35.3 Å². The Kier molecular flexibility index (Phi) is 4.48. The molecule has 0 aliphatic heterocycles. The second-order valence-corrected chi connectivity index (χ2v) is 4.70. The Morgan fingerprint density at radius 3 is 2.33 bits per heavy atom. The molecule has 2 rings (SSSR count). The lowest BCUT2D eigenvalue weighted by atomic mass is 10.1. The summed E-state index contributed by atoms with van der Waals surface area (Å²) < 4.78 is 5.68.